The van der Waals surface area contributed by atoms with Crippen LogP contribution >= 0.6 is 0 Å². The first-order valence-corrected chi connectivity index (χ1v) is 8.46. The molecule has 0 aliphatic carbocycles. The molecule has 0 saturated carbocycles. The van der Waals surface area contributed by atoms with Gasteiger partial charge in [0.15, 0.2) is 0 Å². The Kier molecular flexibility index (Phi) is 5.08. The van der Waals surface area contributed by atoms with Crippen LogP contribution < -0.4 is 0 Å². The summed E-state index contributed by atoms with van der Waals surface area (Å²) >= 11 is 0. The molecule has 1 spiro atoms. The molecule has 0 bridgehead atoms. The molecular formula is C17H24N4O3. The van der Waals surface area contributed by atoms with Crippen molar-refractivity contribution >= 4 is 11.8 Å². The van der Waals surface area contributed by atoms with Crippen molar-refractivity contribution in [3.8, 4) is 0 Å². The van der Waals surface area contributed by atoms with Gasteiger partial charge in [-0.15, -0.1) is 0 Å². The number of amides is 2. The van der Waals surface area contributed by atoms with E-state index in [2.05, 4.69) is 9.97 Å². The molecule has 3 rings (SSSR count). The van der Waals surface area contributed by atoms with Crippen LogP contribution in [0.15, 0.2) is 18.6 Å². The van der Waals surface area contributed by atoms with Crippen LogP contribution in [0.1, 0.15) is 36.2 Å². The SMILES string of the molecule is COCCN1CC2(CCC1=O)CCN(C(=O)c1cnccn1)CC2. The van der Waals surface area contributed by atoms with Crippen LogP contribution in [-0.2, 0) is 9.53 Å². The molecule has 2 amide bonds. The van der Waals surface area contributed by atoms with Gasteiger partial charge < -0.3 is 14.5 Å². The van der Waals surface area contributed by atoms with Crippen molar-refractivity contribution in [3.63, 3.8) is 0 Å². The number of ether oxygens (including phenoxy) is 1. The van der Waals surface area contributed by atoms with Gasteiger partial charge >= 0.3 is 0 Å². The summed E-state index contributed by atoms with van der Waals surface area (Å²) in [5.74, 6) is 0.164. The van der Waals surface area contributed by atoms with E-state index in [1.807, 2.05) is 9.80 Å². The van der Waals surface area contributed by atoms with Gasteiger partial charge in [0, 0.05) is 52.1 Å². The van der Waals surface area contributed by atoms with Crippen LogP contribution in [0.25, 0.3) is 0 Å². The van der Waals surface area contributed by atoms with E-state index in [-0.39, 0.29) is 17.2 Å². The number of hydrogen-bond donors (Lipinski definition) is 0. The van der Waals surface area contributed by atoms with E-state index in [1.54, 1.807) is 19.5 Å². The molecular weight excluding hydrogens is 308 g/mol. The molecule has 130 valence electrons. The van der Waals surface area contributed by atoms with Crippen molar-refractivity contribution in [2.75, 3.05) is 39.9 Å². The van der Waals surface area contributed by atoms with Crippen LogP contribution in [0.4, 0.5) is 0 Å². The molecule has 1 aromatic heterocycles. The van der Waals surface area contributed by atoms with Crippen LogP contribution in [0, 0.1) is 5.41 Å². The molecule has 2 aliphatic rings. The summed E-state index contributed by atoms with van der Waals surface area (Å²) in [5.41, 5.74) is 0.537. The minimum absolute atomic E-state index is 0.0546. The molecule has 0 aromatic carbocycles. The minimum Gasteiger partial charge on any atom is -0.383 e. The van der Waals surface area contributed by atoms with Gasteiger partial charge in [-0.2, -0.15) is 0 Å². The van der Waals surface area contributed by atoms with Gasteiger partial charge in [-0.25, -0.2) is 4.98 Å². The summed E-state index contributed by atoms with van der Waals surface area (Å²) in [6.45, 7) is 3.42. The lowest BCUT2D eigenvalue weighted by Crippen LogP contribution is -2.53. The van der Waals surface area contributed by atoms with Gasteiger partial charge in [0.1, 0.15) is 5.69 Å². The number of carbonyl (C=O) groups is 2. The molecule has 0 radical (unpaired) electrons. The standard InChI is InChI=1S/C17H24N4O3/c1-24-11-10-21-13-17(3-2-15(21)22)4-8-20(9-5-17)16(23)14-12-18-6-7-19-14/h6-7,12H,2-5,8-11,13H2,1H3. The average molecular weight is 332 g/mol. The summed E-state index contributed by atoms with van der Waals surface area (Å²) in [6.07, 6.45) is 7.99. The molecule has 3 heterocycles. The molecule has 0 atom stereocenters. The fourth-order valence-electron chi connectivity index (χ4n) is 3.67. The second-order valence-electron chi connectivity index (χ2n) is 6.69. The van der Waals surface area contributed by atoms with E-state index in [1.165, 1.54) is 6.20 Å². The minimum atomic E-state index is -0.0546. The molecule has 24 heavy (non-hydrogen) atoms. The number of aromatic nitrogens is 2. The third kappa shape index (κ3) is 3.56. The van der Waals surface area contributed by atoms with Crippen molar-refractivity contribution in [2.45, 2.75) is 25.7 Å². The lowest BCUT2D eigenvalue weighted by molar-refractivity contribution is -0.139. The summed E-state index contributed by atoms with van der Waals surface area (Å²) < 4.78 is 5.11. The average Bonchev–Trinajstić information content (AvgIpc) is 2.63. The van der Waals surface area contributed by atoms with Crippen molar-refractivity contribution in [1.82, 2.24) is 19.8 Å². The molecule has 0 N–H and O–H groups in total. The van der Waals surface area contributed by atoms with Gasteiger partial charge in [0.25, 0.3) is 5.91 Å². The van der Waals surface area contributed by atoms with E-state index in [0.29, 0.717) is 38.4 Å². The Labute approximate surface area is 142 Å². The third-order valence-corrected chi connectivity index (χ3v) is 5.21. The van der Waals surface area contributed by atoms with Gasteiger partial charge in [-0.3, -0.25) is 14.6 Å². The second kappa shape index (κ2) is 7.25. The lowest BCUT2D eigenvalue weighted by Gasteiger charge is -2.47. The Morgan fingerprint density at radius 1 is 1.29 bits per heavy atom. The molecule has 2 saturated heterocycles. The Hall–Kier alpha value is -2.02. The summed E-state index contributed by atoms with van der Waals surface area (Å²) in [5, 5.41) is 0. The smallest absolute Gasteiger partial charge is 0.274 e. The molecule has 7 heteroatoms. The van der Waals surface area contributed by atoms with Gasteiger partial charge in [0.05, 0.1) is 12.8 Å². The number of methoxy groups -OCH3 is 1. The van der Waals surface area contributed by atoms with Gasteiger partial charge in [0.2, 0.25) is 5.91 Å². The van der Waals surface area contributed by atoms with Crippen molar-refractivity contribution < 1.29 is 14.3 Å². The Morgan fingerprint density at radius 3 is 2.75 bits per heavy atom. The number of likely N-dealkylation sites (tertiary alicyclic amines) is 2. The topological polar surface area (TPSA) is 75.6 Å². The highest BCUT2D eigenvalue weighted by Crippen LogP contribution is 2.40. The quantitative estimate of drug-likeness (QED) is 0.821. The molecule has 7 nitrogen and oxygen atoms in total. The van der Waals surface area contributed by atoms with Crippen LogP contribution in [0.3, 0.4) is 0 Å². The summed E-state index contributed by atoms with van der Waals surface area (Å²) in [6, 6.07) is 0. The zero-order chi connectivity index (χ0) is 17.0. The van der Waals surface area contributed by atoms with Crippen molar-refractivity contribution in [3.05, 3.63) is 24.3 Å². The zero-order valence-corrected chi connectivity index (χ0v) is 14.1. The Bertz CT molecular complexity index is 585. The Morgan fingerprint density at radius 2 is 2.08 bits per heavy atom. The monoisotopic (exact) mass is 332 g/mol. The number of rotatable bonds is 4. The number of nitrogens with zero attached hydrogens (tertiary/aromatic N) is 4. The highest BCUT2D eigenvalue weighted by Gasteiger charge is 2.41. The van der Waals surface area contributed by atoms with Crippen LogP contribution in [0.2, 0.25) is 0 Å². The van der Waals surface area contributed by atoms with Crippen molar-refractivity contribution in [1.29, 1.82) is 0 Å². The van der Waals surface area contributed by atoms with Crippen molar-refractivity contribution in [2.24, 2.45) is 5.41 Å². The predicted octanol–water partition coefficient (Wildman–Crippen LogP) is 0.968. The molecule has 2 fully saturated rings. The maximum absolute atomic E-state index is 12.5. The fraction of sp³-hybridized carbons (Fsp3) is 0.647. The highest BCUT2D eigenvalue weighted by atomic mass is 16.5. The van der Waals surface area contributed by atoms with E-state index in [9.17, 15) is 9.59 Å². The summed E-state index contributed by atoms with van der Waals surface area (Å²) in [4.78, 5) is 36.4. The maximum atomic E-state index is 12.5. The number of hydrogen-bond acceptors (Lipinski definition) is 5. The van der Waals surface area contributed by atoms with E-state index in [0.717, 1.165) is 25.8 Å². The largest absolute Gasteiger partial charge is 0.383 e. The second-order valence-corrected chi connectivity index (χ2v) is 6.69. The lowest BCUT2D eigenvalue weighted by atomic mass is 9.72. The zero-order valence-electron chi connectivity index (χ0n) is 14.1. The van der Waals surface area contributed by atoms with Crippen LogP contribution in [-0.4, -0.2) is 71.5 Å². The predicted molar refractivity (Wildman–Crippen MR) is 87.3 cm³/mol. The first kappa shape index (κ1) is 16.8. The first-order valence-electron chi connectivity index (χ1n) is 8.46. The molecule has 2 aliphatic heterocycles. The number of carbonyl (C=O) groups excluding carboxylic acids is 2. The first-order chi connectivity index (χ1) is 11.6. The van der Waals surface area contributed by atoms with Crippen LogP contribution in [0.5, 0.6) is 0 Å². The molecule has 0 unspecified atom stereocenters. The van der Waals surface area contributed by atoms with E-state index in [4.69, 9.17) is 4.74 Å². The third-order valence-electron chi connectivity index (χ3n) is 5.21. The number of piperidine rings is 2. The van der Waals surface area contributed by atoms with Gasteiger partial charge in [-0.05, 0) is 24.7 Å². The van der Waals surface area contributed by atoms with E-state index >= 15 is 0 Å². The van der Waals surface area contributed by atoms with E-state index < -0.39 is 0 Å². The Balaban J connectivity index is 1.59. The summed E-state index contributed by atoms with van der Waals surface area (Å²) in [7, 11) is 1.65. The highest BCUT2D eigenvalue weighted by molar-refractivity contribution is 5.92. The normalized spacial score (nSPS) is 20.5. The fourth-order valence-corrected chi connectivity index (χ4v) is 3.67. The molecule has 1 aromatic rings. The van der Waals surface area contributed by atoms with Gasteiger partial charge in [-0.1, -0.05) is 0 Å². The maximum Gasteiger partial charge on any atom is 0.274 e.